The molecule has 17 heavy (non-hydrogen) atoms. The maximum absolute atomic E-state index is 11.0. The van der Waals surface area contributed by atoms with Crippen LogP contribution in [0.25, 0.3) is 0 Å². The molecule has 1 aromatic heterocycles. The monoisotopic (exact) mass is 270 g/mol. The van der Waals surface area contributed by atoms with Crippen LogP contribution in [-0.4, -0.2) is 18.0 Å². The lowest BCUT2D eigenvalue weighted by atomic mass is 10.3. The first-order valence-corrected chi connectivity index (χ1v) is 7.07. The molecule has 3 N–H and O–H groups in total. The van der Waals surface area contributed by atoms with Crippen molar-refractivity contribution in [2.75, 3.05) is 5.32 Å². The minimum atomic E-state index is -3.63. The third-order valence-electron chi connectivity index (χ3n) is 2.06. The van der Waals surface area contributed by atoms with E-state index >= 15 is 0 Å². The van der Waals surface area contributed by atoms with Gasteiger partial charge in [0, 0.05) is 11.1 Å². The number of benzene rings is 1. The first-order valence-electron chi connectivity index (χ1n) is 4.68. The van der Waals surface area contributed by atoms with E-state index in [2.05, 4.69) is 14.9 Å². The first-order chi connectivity index (χ1) is 8.05. The maximum Gasteiger partial charge on any atom is 0.238 e. The molecule has 0 bridgehead atoms. The number of nitrogens with zero attached hydrogens (tertiary/aromatic N) is 2. The van der Waals surface area contributed by atoms with Crippen molar-refractivity contribution >= 4 is 27.2 Å². The smallest absolute Gasteiger partial charge is 0.238 e. The average molecular weight is 270 g/mol. The second-order valence-corrected chi connectivity index (χ2v) is 5.49. The van der Waals surface area contributed by atoms with Crippen molar-refractivity contribution in [3.05, 3.63) is 35.3 Å². The van der Waals surface area contributed by atoms with Crippen molar-refractivity contribution in [3.8, 4) is 0 Å². The quantitative estimate of drug-likeness (QED) is 0.856. The van der Waals surface area contributed by atoms with E-state index in [1.54, 1.807) is 12.1 Å². The second-order valence-electron chi connectivity index (χ2n) is 3.32. The molecule has 0 atom stereocenters. The lowest BCUT2D eigenvalue weighted by Crippen LogP contribution is -2.12. The Morgan fingerprint density at radius 2 is 2.00 bits per heavy atom. The van der Waals surface area contributed by atoms with Crippen LogP contribution in [0.15, 0.2) is 34.5 Å². The highest BCUT2D eigenvalue weighted by molar-refractivity contribution is 7.89. The van der Waals surface area contributed by atoms with Gasteiger partial charge in [-0.3, -0.25) is 0 Å². The highest BCUT2D eigenvalue weighted by Gasteiger charge is 2.06. The summed E-state index contributed by atoms with van der Waals surface area (Å²) in [6.07, 6.45) is 0. The molecule has 2 aromatic rings. The standard InChI is InChI=1S/C9H10N4O2S2/c10-17(14,15)9-3-1-7(2-4-9)11-5-8-6-16-13-12-8/h1-4,6,11H,5H2,(H2,10,14,15). The van der Waals surface area contributed by atoms with Crippen LogP contribution in [-0.2, 0) is 16.6 Å². The zero-order valence-corrected chi connectivity index (χ0v) is 10.3. The predicted molar refractivity (Wildman–Crippen MR) is 65.1 cm³/mol. The molecular weight excluding hydrogens is 260 g/mol. The molecule has 90 valence electrons. The van der Waals surface area contributed by atoms with Gasteiger partial charge in [-0.15, -0.1) is 5.10 Å². The number of anilines is 1. The normalized spacial score (nSPS) is 11.4. The van der Waals surface area contributed by atoms with Crippen LogP contribution in [0.2, 0.25) is 0 Å². The van der Waals surface area contributed by atoms with Crippen molar-refractivity contribution in [1.29, 1.82) is 0 Å². The highest BCUT2D eigenvalue weighted by Crippen LogP contribution is 2.13. The molecule has 0 radical (unpaired) electrons. The Balaban J connectivity index is 2.04. The van der Waals surface area contributed by atoms with Crippen LogP contribution in [0.4, 0.5) is 5.69 Å². The van der Waals surface area contributed by atoms with E-state index in [0.29, 0.717) is 6.54 Å². The van der Waals surface area contributed by atoms with Crippen LogP contribution in [0.1, 0.15) is 5.69 Å². The Labute approximate surface area is 103 Å². The molecule has 2 rings (SSSR count). The summed E-state index contributed by atoms with van der Waals surface area (Å²) < 4.78 is 25.8. The summed E-state index contributed by atoms with van der Waals surface area (Å²) in [4.78, 5) is 0.0957. The van der Waals surface area contributed by atoms with E-state index in [0.717, 1.165) is 11.4 Å². The van der Waals surface area contributed by atoms with Gasteiger partial charge < -0.3 is 5.32 Å². The molecule has 0 aliphatic heterocycles. The molecule has 0 saturated carbocycles. The average Bonchev–Trinajstić information content (AvgIpc) is 2.78. The SMILES string of the molecule is NS(=O)(=O)c1ccc(NCc2csnn2)cc1. The van der Waals surface area contributed by atoms with Crippen LogP contribution in [0, 0.1) is 0 Å². The Morgan fingerprint density at radius 3 is 2.53 bits per heavy atom. The van der Waals surface area contributed by atoms with Crippen molar-refractivity contribution < 1.29 is 8.42 Å². The largest absolute Gasteiger partial charge is 0.379 e. The van der Waals surface area contributed by atoms with Gasteiger partial charge in [-0.1, -0.05) is 4.49 Å². The molecule has 1 heterocycles. The van der Waals surface area contributed by atoms with E-state index in [4.69, 9.17) is 5.14 Å². The van der Waals surface area contributed by atoms with Gasteiger partial charge in [-0.2, -0.15) is 0 Å². The number of sulfonamides is 1. The molecule has 0 spiro atoms. The lowest BCUT2D eigenvalue weighted by molar-refractivity contribution is 0.598. The van der Waals surface area contributed by atoms with Gasteiger partial charge in [0.1, 0.15) is 0 Å². The fourth-order valence-corrected chi connectivity index (χ4v) is 2.18. The minimum Gasteiger partial charge on any atom is -0.379 e. The highest BCUT2D eigenvalue weighted by atomic mass is 32.2. The van der Waals surface area contributed by atoms with Gasteiger partial charge in [0.25, 0.3) is 0 Å². The Bertz CT molecular complexity index is 578. The summed E-state index contributed by atoms with van der Waals surface area (Å²) in [7, 11) is -3.63. The van der Waals surface area contributed by atoms with Gasteiger partial charge >= 0.3 is 0 Å². The zero-order valence-electron chi connectivity index (χ0n) is 8.70. The molecule has 6 nitrogen and oxygen atoms in total. The number of primary sulfonamides is 1. The van der Waals surface area contributed by atoms with Crippen molar-refractivity contribution in [2.24, 2.45) is 5.14 Å². The Hall–Kier alpha value is -1.51. The third kappa shape index (κ3) is 3.22. The summed E-state index contributed by atoms with van der Waals surface area (Å²) in [6, 6.07) is 6.22. The van der Waals surface area contributed by atoms with Crippen LogP contribution < -0.4 is 10.5 Å². The summed E-state index contributed by atoms with van der Waals surface area (Å²) in [5, 5.41) is 13.8. The van der Waals surface area contributed by atoms with Gasteiger partial charge in [0.2, 0.25) is 10.0 Å². The molecule has 0 aliphatic carbocycles. The van der Waals surface area contributed by atoms with Gasteiger partial charge in [-0.05, 0) is 35.8 Å². The van der Waals surface area contributed by atoms with Crippen LogP contribution in [0.3, 0.4) is 0 Å². The molecule has 1 aromatic carbocycles. The lowest BCUT2D eigenvalue weighted by Gasteiger charge is -2.04. The van der Waals surface area contributed by atoms with Crippen molar-refractivity contribution in [1.82, 2.24) is 9.59 Å². The number of hydrogen-bond acceptors (Lipinski definition) is 6. The van der Waals surface area contributed by atoms with Gasteiger partial charge in [0.15, 0.2) is 0 Å². The zero-order chi connectivity index (χ0) is 12.3. The third-order valence-corrected chi connectivity index (χ3v) is 3.54. The number of nitrogens with two attached hydrogens (primary N) is 1. The molecule has 8 heteroatoms. The molecule has 0 amide bonds. The minimum absolute atomic E-state index is 0.0957. The number of aromatic nitrogens is 2. The fraction of sp³-hybridized carbons (Fsp3) is 0.111. The molecule has 0 saturated heterocycles. The van der Waals surface area contributed by atoms with E-state index in [-0.39, 0.29) is 4.90 Å². The first kappa shape index (κ1) is 12.0. The molecule has 0 unspecified atom stereocenters. The van der Waals surface area contributed by atoms with E-state index < -0.39 is 10.0 Å². The second kappa shape index (κ2) is 4.78. The number of hydrogen-bond donors (Lipinski definition) is 2. The molecule has 0 aliphatic rings. The number of rotatable bonds is 4. The topological polar surface area (TPSA) is 98.0 Å². The van der Waals surface area contributed by atoms with E-state index in [9.17, 15) is 8.42 Å². The predicted octanol–water partition coefficient (Wildman–Crippen LogP) is 0.798. The Kier molecular flexibility index (Phi) is 3.36. The van der Waals surface area contributed by atoms with Gasteiger partial charge in [0.05, 0.1) is 17.1 Å². The maximum atomic E-state index is 11.0. The summed E-state index contributed by atoms with van der Waals surface area (Å²) in [5.41, 5.74) is 1.64. The molecule has 0 fully saturated rings. The fourth-order valence-electron chi connectivity index (χ4n) is 1.22. The van der Waals surface area contributed by atoms with Crippen LogP contribution in [0.5, 0.6) is 0 Å². The van der Waals surface area contributed by atoms with Gasteiger partial charge in [-0.25, -0.2) is 13.6 Å². The summed E-state index contributed by atoms with van der Waals surface area (Å²) in [6.45, 7) is 0.547. The Morgan fingerprint density at radius 1 is 1.29 bits per heavy atom. The van der Waals surface area contributed by atoms with E-state index in [1.165, 1.54) is 23.7 Å². The van der Waals surface area contributed by atoms with E-state index in [1.807, 2.05) is 5.38 Å². The summed E-state index contributed by atoms with van der Waals surface area (Å²) >= 11 is 1.28. The van der Waals surface area contributed by atoms with Crippen molar-refractivity contribution in [2.45, 2.75) is 11.4 Å². The number of nitrogens with one attached hydrogen (secondary N) is 1. The molecular formula is C9H10N4O2S2. The summed E-state index contributed by atoms with van der Waals surface area (Å²) in [5.74, 6) is 0. The van der Waals surface area contributed by atoms with Crippen LogP contribution >= 0.6 is 11.5 Å². The van der Waals surface area contributed by atoms with Crippen molar-refractivity contribution in [3.63, 3.8) is 0 Å².